The Balaban J connectivity index is 1.88. The second-order valence-electron chi connectivity index (χ2n) is 5.00. The van der Waals surface area contributed by atoms with Gasteiger partial charge in [-0.05, 0) is 45.1 Å². The highest BCUT2D eigenvalue weighted by Gasteiger charge is 2.35. The number of nitrogens with zero attached hydrogens (tertiary/aromatic N) is 1. The molecule has 2 unspecified atom stereocenters. The Bertz CT molecular complexity index is 186. The SMILES string of the molecule is CN(C1CCCOCC1)C(CN)C1CC1. The third-order valence-corrected chi connectivity index (χ3v) is 3.93. The molecule has 3 nitrogen and oxygen atoms in total. The lowest BCUT2D eigenvalue weighted by molar-refractivity contribution is 0.118. The van der Waals surface area contributed by atoms with E-state index in [1.165, 1.54) is 32.1 Å². The van der Waals surface area contributed by atoms with Crippen molar-refractivity contribution in [3.05, 3.63) is 0 Å². The van der Waals surface area contributed by atoms with Crippen molar-refractivity contribution in [1.29, 1.82) is 0 Å². The van der Waals surface area contributed by atoms with Gasteiger partial charge in [0, 0.05) is 31.8 Å². The summed E-state index contributed by atoms with van der Waals surface area (Å²) >= 11 is 0. The molecule has 2 atom stereocenters. The summed E-state index contributed by atoms with van der Waals surface area (Å²) in [6.07, 6.45) is 6.43. The van der Waals surface area contributed by atoms with Crippen LogP contribution in [0.2, 0.25) is 0 Å². The van der Waals surface area contributed by atoms with Gasteiger partial charge in [0.05, 0.1) is 0 Å². The molecule has 0 aromatic heterocycles. The zero-order chi connectivity index (χ0) is 10.7. The van der Waals surface area contributed by atoms with Gasteiger partial charge in [-0.3, -0.25) is 4.90 Å². The first-order chi connectivity index (χ1) is 7.33. The van der Waals surface area contributed by atoms with Crippen LogP contribution in [0.1, 0.15) is 32.1 Å². The van der Waals surface area contributed by atoms with Gasteiger partial charge in [0.25, 0.3) is 0 Å². The molecule has 2 fully saturated rings. The maximum atomic E-state index is 5.89. The summed E-state index contributed by atoms with van der Waals surface area (Å²) in [6.45, 7) is 2.69. The number of hydrogen-bond donors (Lipinski definition) is 1. The van der Waals surface area contributed by atoms with Crippen LogP contribution in [0.15, 0.2) is 0 Å². The van der Waals surface area contributed by atoms with Gasteiger partial charge < -0.3 is 10.5 Å². The predicted octanol–water partition coefficient (Wildman–Crippen LogP) is 1.22. The van der Waals surface area contributed by atoms with Crippen molar-refractivity contribution >= 4 is 0 Å². The van der Waals surface area contributed by atoms with Gasteiger partial charge in [0.15, 0.2) is 0 Å². The van der Waals surface area contributed by atoms with Crippen LogP contribution in [0, 0.1) is 5.92 Å². The van der Waals surface area contributed by atoms with E-state index in [-0.39, 0.29) is 0 Å². The monoisotopic (exact) mass is 212 g/mol. The highest BCUT2D eigenvalue weighted by Crippen LogP contribution is 2.35. The van der Waals surface area contributed by atoms with Gasteiger partial charge in [-0.25, -0.2) is 0 Å². The summed E-state index contributed by atoms with van der Waals surface area (Å²) < 4.78 is 5.51. The highest BCUT2D eigenvalue weighted by molar-refractivity contribution is 4.90. The third kappa shape index (κ3) is 2.92. The minimum Gasteiger partial charge on any atom is -0.381 e. The predicted molar refractivity (Wildman–Crippen MR) is 61.8 cm³/mol. The largest absolute Gasteiger partial charge is 0.381 e. The molecule has 0 aromatic carbocycles. The maximum Gasteiger partial charge on any atom is 0.0480 e. The Kier molecular flexibility index (Phi) is 4.00. The van der Waals surface area contributed by atoms with Crippen molar-refractivity contribution < 1.29 is 4.74 Å². The van der Waals surface area contributed by atoms with E-state index in [0.29, 0.717) is 12.1 Å². The average Bonchev–Trinajstić information content (AvgIpc) is 3.05. The minimum absolute atomic E-state index is 0.619. The Morgan fingerprint density at radius 2 is 2.07 bits per heavy atom. The van der Waals surface area contributed by atoms with Crippen LogP contribution in [-0.4, -0.2) is 43.8 Å². The Morgan fingerprint density at radius 3 is 2.73 bits per heavy atom. The van der Waals surface area contributed by atoms with Gasteiger partial charge in [0.2, 0.25) is 0 Å². The first-order valence-electron chi connectivity index (χ1n) is 6.32. The molecule has 0 aromatic rings. The number of ether oxygens (including phenoxy) is 1. The summed E-state index contributed by atoms with van der Waals surface area (Å²) in [6, 6.07) is 1.31. The smallest absolute Gasteiger partial charge is 0.0480 e. The van der Waals surface area contributed by atoms with Crippen molar-refractivity contribution in [2.45, 2.75) is 44.2 Å². The first-order valence-corrected chi connectivity index (χ1v) is 6.32. The molecule has 2 N–H and O–H groups in total. The highest BCUT2D eigenvalue weighted by atomic mass is 16.5. The van der Waals surface area contributed by atoms with E-state index in [4.69, 9.17) is 10.5 Å². The first kappa shape index (κ1) is 11.4. The molecule has 1 aliphatic heterocycles. The fourth-order valence-corrected chi connectivity index (χ4v) is 2.74. The summed E-state index contributed by atoms with van der Waals surface area (Å²) in [5.41, 5.74) is 5.89. The Hall–Kier alpha value is -0.120. The molecule has 2 aliphatic rings. The van der Waals surface area contributed by atoms with Crippen molar-refractivity contribution in [2.24, 2.45) is 11.7 Å². The topological polar surface area (TPSA) is 38.5 Å². The molecule has 0 radical (unpaired) electrons. The van der Waals surface area contributed by atoms with Gasteiger partial charge in [-0.2, -0.15) is 0 Å². The van der Waals surface area contributed by atoms with Crippen molar-refractivity contribution in [1.82, 2.24) is 4.90 Å². The summed E-state index contributed by atoms with van der Waals surface area (Å²) in [5.74, 6) is 0.879. The summed E-state index contributed by atoms with van der Waals surface area (Å²) in [7, 11) is 2.26. The molecule has 0 amide bonds. The minimum atomic E-state index is 0.619. The van der Waals surface area contributed by atoms with Crippen LogP contribution in [0.25, 0.3) is 0 Å². The van der Waals surface area contributed by atoms with E-state index in [9.17, 15) is 0 Å². The summed E-state index contributed by atoms with van der Waals surface area (Å²) in [4.78, 5) is 2.53. The van der Waals surface area contributed by atoms with E-state index < -0.39 is 0 Å². The second-order valence-corrected chi connectivity index (χ2v) is 5.00. The Morgan fingerprint density at radius 1 is 1.27 bits per heavy atom. The number of nitrogens with two attached hydrogens (primary N) is 1. The normalized spacial score (nSPS) is 30.2. The lowest BCUT2D eigenvalue weighted by Gasteiger charge is -2.34. The average molecular weight is 212 g/mol. The lowest BCUT2D eigenvalue weighted by atomic mass is 10.0. The van der Waals surface area contributed by atoms with Crippen LogP contribution >= 0.6 is 0 Å². The van der Waals surface area contributed by atoms with E-state index >= 15 is 0 Å². The lowest BCUT2D eigenvalue weighted by Crippen LogP contribution is -2.45. The quantitative estimate of drug-likeness (QED) is 0.761. The number of hydrogen-bond acceptors (Lipinski definition) is 3. The number of likely N-dealkylation sites (N-methyl/N-ethyl adjacent to an activating group) is 1. The van der Waals surface area contributed by atoms with Crippen LogP contribution in [0.5, 0.6) is 0 Å². The molecule has 3 heteroatoms. The second kappa shape index (κ2) is 5.28. The molecule has 1 saturated carbocycles. The van der Waals surface area contributed by atoms with Crippen LogP contribution < -0.4 is 5.73 Å². The number of rotatable bonds is 4. The van der Waals surface area contributed by atoms with Gasteiger partial charge >= 0.3 is 0 Å². The van der Waals surface area contributed by atoms with Gasteiger partial charge in [0.1, 0.15) is 0 Å². The van der Waals surface area contributed by atoms with Gasteiger partial charge in [-0.1, -0.05) is 0 Å². The van der Waals surface area contributed by atoms with Crippen LogP contribution in [-0.2, 0) is 4.74 Å². The van der Waals surface area contributed by atoms with Crippen LogP contribution in [0.4, 0.5) is 0 Å². The molecule has 15 heavy (non-hydrogen) atoms. The molecule has 88 valence electrons. The van der Waals surface area contributed by atoms with Crippen molar-refractivity contribution in [2.75, 3.05) is 26.8 Å². The molecular formula is C12H24N2O. The fourth-order valence-electron chi connectivity index (χ4n) is 2.74. The molecule has 1 saturated heterocycles. The molecule has 0 spiro atoms. The van der Waals surface area contributed by atoms with E-state index in [1.54, 1.807) is 0 Å². The standard InChI is InChI=1S/C12H24N2O/c1-14(12(9-13)10-4-5-10)11-3-2-7-15-8-6-11/h10-12H,2-9,13H2,1H3. The van der Waals surface area contributed by atoms with Crippen LogP contribution in [0.3, 0.4) is 0 Å². The van der Waals surface area contributed by atoms with E-state index in [0.717, 1.165) is 25.7 Å². The molecule has 1 aliphatic carbocycles. The Labute approximate surface area is 93.0 Å². The molecule has 0 bridgehead atoms. The van der Waals surface area contributed by atoms with E-state index in [2.05, 4.69) is 11.9 Å². The maximum absolute atomic E-state index is 5.89. The van der Waals surface area contributed by atoms with E-state index in [1.807, 2.05) is 0 Å². The molecule has 1 heterocycles. The zero-order valence-corrected chi connectivity index (χ0v) is 9.82. The van der Waals surface area contributed by atoms with Gasteiger partial charge in [-0.15, -0.1) is 0 Å². The van der Waals surface area contributed by atoms with Crippen molar-refractivity contribution in [3.63, 3.8) is 0 Å². The molecule has 2 rings (SSSR count). The third-order valence-electron chi connectivity index (χ3n) is 3.93. The molecular weight excluding hydrogens is 188 g/mol. The summed E-state index contributed by atoms with van der Waals surface area (Å²) in [5, 5.41) is 0. The fraction of sp³-hybridized carbons (Fsp3) is 1.00. The van der Waals surface area contributed by atoms with Crippen molar-refractivity contribution in [3.8, 4) is 0 Å². The zero-order valence-electron chi connectivity index (χ0n) is 9.82.